The van der Waals surface area contributed by atoms with Crippen LogP contribution >= 0.6 is 27.2 Å². The molecule has 0 saturated carbocycles. The van der Waals surface area contributed by atoms with Crippen LogP contribution in [0.4, 0.5) is 0 Å². The molecule has 0 saturated heterocycles. The molecule has 4 heavy (non-hydrogen) atoms. The minimum atomic E-state index is 1.02. The first-order valence-corrected chi connectivity index (χ1v) is 5.46. The lowest BCUT2D eigenvalue weighted by Crippen LogP contribution is -1.09. The Hall–Kier alpha value is 1.21. The van der Waals surface area contributed by atoms with E-state index in [2.05, 4.69) is 15.1 Å². The summed E-state index contributed by atoms with van der Waals surface area (Å²) in [6.07, 6.45) is 0. The summed E-state index contributed by atoms with van der Waals surface area (Å²) >= 11 is 1.80. The fourth-order valence-electron chi connectivity index (χ4n) is 0. The maximum absolute atomic E-state index is 2.58. The Morgan fingerprint density at radius 2 is 2.25 bits per heavy atom. The maximum atomic E-state index is 2.58. The lowest BCUT2D eigenvalue weighted by Gasteiger charge is -1.70. The average Bonchev–Trinajstić information content (AvgIpc) is 1.37. The van der Waals surface area contributed by atoms with Crippen LogP contribution in [0.25, 0.3) is 0 Å². The van der Waals surface area contributed by atoms with Crippen LogP contribution in [0.3, 0.4) is 0 Å². The van der Waals surface area contributed by atoms with Gasteiger partial charge in [0.1, 0.15) is 0 Å². The van der Waals surface area contributed by atoms with E-state index in [4.69, 9.17) is 0 Å². The van der Waals surface area contributed by atoms with E-state index < -0.39 is 0 Å². The molecule has 0 rings (SSSR count). The zero-order chi connectivity index (χ0) is 3.41. The van der Waals surface area contributed by atoms with Crippen LogP contribution in [0, 0.1) is 0 Å². The van der Waals surface area contributed by atoms with Gasteiger partial charge in [0.05, 0.1) is 0 Å². The Balaban J connectivity index is 1.97. The summed E-state index contributed by atoms with van der Waals surface area (Å²) < 4.78 is 0. The predicted octanol–water partition coefficient (Wildman–Crippen LogP) is 1.73. The maximum Gasteiger partial charge on any atom is -0.0376 e. The topological polar surface area (TPSA) is 0 Å². The molecule has 0 amide bonds. The smallest absolute Gasteiger partial charge is 0.0376 e. The molecular weight excluding hydrogens is 106 g/mol. The van der Waals surface area contributed by atoms with Gasteiger partial charge in [-0.25, -0.2) is 0 Å². The fraction of sp³-hybridized carbons (Fsp3) is 1.00. The van der Waals surface area contributed by atoms with E-state index in [1.807, 2.05) is 0 Å². The van der Waals surface area contributed by atoms with Gasteiger partial charge in [0.15, 0.2) is 0 Å². The Morgan fingerprint density at radius 1 is 2.00 bits per heavy atom. The van der Waals surface area contributed by atoms with Gasteiger partial charge < -0.3 is 0 Å². The third-order valence-electron chi connectivity index (χ3n) is 0.118. The molecule has 0 aliphatic heterocycles. The van der Waals surface area contributed by atoms with Crippen LogP contribution < -0.4 is 0 Å². The lowest BCUT2D eigenvalue weighted by molar-refractivity contribution is 2.51. The molecule has 26 valence electrons. The van der Waals surface area contributed by atoms with Crippen LogP contribution in [0.2, 0.25) is 0 Å². The summed E-state index contributed by atoms with van der Waals surface area (Å²) in [5, 5.41) is 0. The molecule has 0 heterocycles. The van der Waals surface area contributed by atoms with Crippen molar-refractivity contribution in [3.8, 4) is 0 Å². The molecule has 0 fully saturated rings. The second kappa shape index (κ2) is 4.21. The van der Waals surface area contributed by atoms with Gasteiger partial charge in [-0.05, 0) is 6.66 Å². The van der Waals surface area contributed by atoms with E-state index in [0.29, 0.717) is 0 Å². The second-order valence-corrected chi connectivity index (χ2v) is 5.02. The molecule has 0 N–H and O–H groups in total. The summed E-state index contributed by atoms with van der Waals surface area (Å²) in [4.78, 5) is 0. The van der Waals surface area contributed by atoms with Crippen molar-refractivity contribution in [2.75, 3.05) is 6.66 Å². The molecule has 3 heteroatoms. The summed E-state index contributed by atoms with van der Waals surface area (Å²) in [6.45, 7) is 2.15. The molecule has 0 aliphatic carbocycles. The minimum absolute atomic E-state index is 1.02. The quantitative estimate of drug-likeness (QED) is 0.465. The normalized spacial score (nSPS) is 10.5. The highest BCUT2D eigenvalue weighted by molar-refractivity contribution is 8.74. The molecule has 0 aromatic rings. The van der Waals surface area contributed by atoms with Gasteiger partial charge in [-0.3, -0.25) is 0 Å². The predicted molar refractivity (Wildman–Crippen MR) is 31.5 cm³/mol. The van der Waals surface area contributed by atoms with Crippen molar-refractivity contribution in [2.45, 2.75) is 0 Å². The summed E-state index contributed by atoms with van der Waals surface area (Å²) in [7, 11) is 3.60. The Labute approximate surface area is 34.6 Å². The van der Waals surface area contributed by atoms with Crippen LogP contribution in [-0.2, 0) is 0 Å². The van der Waals surface area contributed by atoms with Crippen molar-refractivity contribution in [1.29, 1.82) is 0 Å². The Morgan fingerprint density at radius 3 is 2.25 bits per heavy atom. The Kier molecular flexibility index (Phi) is 5.48. The largest absolute Gasteiger partial charge is 0.117 e. The highest BCUT2D eigenvalue weighted by atomic mass is 33.0. The van der Waals surface area contributed by atoms with Gasteiger partial charge in [-0.2, -0.15) is 0 Å². The second-order valence-electron chi connectivity index (χ2n) is 0.322. The van der Waals surface area contributed by atoms with Gasteiger partial charge in [-0.1, -0.05) is 16.2 Å². The SMILES string of the molecule is CPSP. The number of hydrogen-bond donors (Lipinski definition) is 0. The van der Waals surface area contributed by atoms with Gasteiger partial charge >= 0.3 is 0 Å². The standard InChI is InChI=1S/CH6P2S/c1-3-4-2/h3H,2H2,1H3. The van der Waals surface area contributed by atoms with Crippen molar-refractivity contribution in [3.05, 3.63) is 0 Å². The zero-order valence-electron chi connectivity index (χ0n) is 2.49. The van der Waals surface area contributed by atoms with Crippen molar-refractivity contribution >= 4 is 27.2 Å². The van der Waals surface area contributed by atoms with Crippen molar-refractivity contribution in [2.24, 2.45) is 0 Å². The van der Waals surface area contributed by atoms with Crippen LogP contribution in [-0.4, -0.2) is 6.66 Å². The van der Waals surface area contributed by atoms with Gasteiger partial charge in [0.25, 0.3) is 0 Å². The molecule has 0 aliphatic rings. The van der Waals surface area contributed by atoms with Crippen LogP contribution in [0.1, 0.15) is 0 Å². The van der Waals surface area contributed by atoms with Gasteiger partial charge in [0, 0.05) is 0 Å². The van der Waals surface area contributed by atoms with Crippen molar-refractivity contribution in [3.63, 3.8) is 0 Å². The molecular formula is CH6P2S. The molecule has 0 nitrogen and oxygen atoms in total. The summed E-state index contributed by atoms with van der Waals surface area (Å²) in [5.74, 6) is 0. The molecule has 2 atom stereocenters. The van der Waals surface area contributed by atoms with E-state index >= 15 is 0 Å². The first kappa shape index (κ1) is 5.21. The van der Waals surface area contributed by atoms with E-state index in [1.54, 1.807) is 11.0 Å². The van der Waals surface area contributed by atoms with E-state index in [9.17, 15) is 0 Å². The monoisotopic (exact) mass is 112 g/mol. The van der Waals surface area contributed by atoms with E-state index in [0.717, 1.165) is 7.78 Å². The van der Waals surface area contributed by atoms with E-state index in [-0.39, 0.29) is 0 Å². The molecule has 0 bridgehead atoms. The van der Waals surface area contributed by atoms with Crippen molar-refractivity contribution in [1.82, 2.24) is 0 Å². The van der Waals surface area contributed by atoms with Crippen LogP contribution in [0.15, 0.2) is 0 Å². The number of hydrogen-bond acceptors (Lipinski definition) is 1. The number of rotatable bonds is 1. The van der Waals surface area contributed by atoms with Crippen LogP contribution in [0.5, 0.6) is 0 Å². The Bertz CT molecular complexity index is 8.00. The van der Waals surface area contributed by atoms with Gasteiger partial charge in [0.2, 0.25) is 0 Å². The summed E-state index contributed by atoms with van der Waals surface area (Å²) in [6, 6.07) is 0. The molecule has 2 unspecified atom stereocenters. The summed E-state index contributed by atoms with van der Waals surface area (Å²) in [5.41, 5.74) is 0. The van der Waals surface area contributed by atoms with Crippen molar-refractivity contribution < 1.29 is 0 Å². The highest BCUT2D eigenvalue weighted by Gasteiger charge is 1.54. The third kappa shape index (κ3) is 3.21. The molecule has 0 radical (unpaired) electrons. The fourth-order valence-corrected chi connectivity index (χ4v) is 0. The van der Waals surface area contributed by atoms with E-state index in [1.165, 1.54) is 0 Å². The highest BCUT2D eigenvalue weighted by Crippen LogP contribution is 2.30. The lowest BCUT2D eigenvalue weighted by atomic mass is 12.0. The van der Waals surface area contributed by atoms with Gasteiger partial charge in [-0.15, -0.1) is 11.0 Å². The zero-order valence-corrected chi connectivity index (χ0v) is 5.46. The third-order valence-corrected chi connectivity index (χ3v) is 3.18. The molecule has 0 aromatic carbocycles. The molecule has 0 aromatic heterocycles. The first-order chi connectivity index (χ1) is 1.91. The minimum Gasteiger partial charge on any atom is -0.117 e. The first-order valence-electron chi connectivity index (χ1n) is 0.940. The molecule has 0 spiro atoms. The average molecular weight is 112 g/mol.